The first kappa shape index (κ1) is 21.4. The third-order valence-electron chi connectivity index (χ3n) is 4.82. The average molecular weight is 421 g/mol. The van der Waals surface area contributed by atoms with E-state index in [1.807, 2.05) is 18.2 Å². The molecule has 0 saturated carbocycles. The van der Waals surface area contributed by atoms with Crippen molar-refractivity contribution in [2.45, 2.75) is 37.5 Å². The van der Waals surface area contributed by atoms with Gasteiger partial charge in [0.15, 0.2) is 12.4 Å². The van der Waals surface area contributed by atoms with Crippen LogP contribution < -0.4 is 5.73 Å². The SMILES string of the molecule is CN(C)S(=O)(=O)c1ccc(CO/N=C(\N)c2cccc(CN3CCCCC3)c2)o1. The molecule has 0 spiro atoms. The van der Waals surface area contributed by atoms with Crippen LogP contribution in [0, 0.1) is 0 Å². The maximum atomic E-state index is 12.0. The average Bonchev–Trinajstić information content (AvgIpc) is 3.18. The molecule has 1 aliphatic heterocycles. The summed E-state index contributed by atoms with van der Waals surface area (Å²) in [5, 5.41) is 3.81. The smallest absolute Gasteiger partial charge is 0.275 e. The van der Waals surface area contributed by atoms with E-state index in [1.165, 1.54) is 45.0 Å². The van der Waals surface area contributed by atoms with Gasteiger partial charge in [-0.05, 0) is 49.7 Å². The summed E-state index contributed by atoms with van der Waals surface area (Å²) in [5.41, 5.74) is 8.03. The Bertz CT molecular complexity index is 947. The zero-order valence-electron chi connectivity index (χ0n) is 16.9. The van der Waals surface area contributed by atoms with E-state index in [1.54, 1.807) is 6.07 Å². The van der Waals surface area contributed by atoms with E-state index in [0.717, 1.165) is 29.5 Å². The van der Waals surface area contributed by atoms with E-state index >= 15 is 0 Å². The van der Waals surface area contributed by atoms with Crippen LogP contribution in [0.2, 0.25) is 0 Å². The molecule has 158 valence electrons. The molecule has 2 heterocycles. The van der Waals surface area contributed by atoms with Gasteiger partial charge in [0.05, 0.1) is 0 Å². The quantitative estimate of drug-likeness (QED) is 0.400. The number of sulfonamides is 1. The molecule has 2 N–H and O–H groups in total. The first-order valence-electron chi connectivity index (χ1n) is 9.64. The number of nitrogens with zero attached hydrogens (tertiary/aromatic N) is 3. The van der Waals surface area contributed by atoms with Crippen molar-refractivity contribution in [2.75, 3.05) is 27.2 Å². The van der Waals surface area contributed by atoms with Crippen LogP contribution in [0.3, 0.4) is 0 Å². The van der Waals surface area contributed by atoms with Crippen LogP contribution in [0.1, 0.15) is 36.1 Å². The van der Waals surface area contributed by atoms with Crippen molar-refractivity contribution >= 4 is 15.9 Å². The number of hydrogen-bond donors (Lipinski definition) is 1. The van der Waals surface area contributed by atoms with E-state index in [2.05, 4.69) is 16.1 Å². The fraction of sp³-hybridized carbons (Fsp3) is 0.450. The standard InChI is InChI=1S/C20H28N4O4S/c1-23(2)29(25,26)19-10-9-18(28-19)15-27-22-20(21)17-8-6-7-16(13-17)14-24-11-4-3-5-12-24/h6-10,13H,3-5,11-12,14-15H2,1-2H3,(H2,21,22). The Morgan fingerprint density at radius 1 is 1.21 bits per heavy atom. The lowest BCUT2D eigenvalue weighted by atomic mass is 10.1. The number of likely N-dealkylation sites (tertiary alicyclic amines) is 1. The molecule has 0 radical (unpaired) electrons. The van der Waals surface area contributed by atoms with E-state index in [9.17, 15) is 8.42 Å². The summed E-state index contributed by atoms with van der Waals surface area (Å²) in [5.74, 6) is 0.610. The van der Waals surface area contributed by atoms with Crippen molar-refractivity contribution in [2.24, 2.45) is 10.9 Å². The highest BCUT2D eigenvalue weighted by Crippen LogP contribution is 2.18. The molecule has 29 heavy (non-hydrogen) atoms. The van der Waals surface area contributed by atoms with Crippen LogP contribution in [0.25, 0.3) is 0 Å². The highest BCUT2D eigenvalue weighted by atomic mass is 32.2. The Morgan fingerprint density at radius 3 is 2.69 bits per heavy atom. The van der Waals surface area contributed by atoms with Gasteiger partial charge in [-0.2, -0.15) is 0 Å². The number of furan rings is 1. The third kappa shape index (κ3) is 5.59. The predicted octanol–water partition coefficient (Wildman–Crippen LogP) is 2.35. The van der Waals surface area contributed by atoms with Gasteiger partial charge in [-0.25, -0.2) is 12.7 Å². The van der Waals surface area contributed by atoms with Gasteiger partial charge in [0.1, 0.15) is 5.76 Å². The molecule has 0 aliphatic carbocycles. The Kier molecular flexibility index (Phi) is 6.94. The van der Waals surface area contributed by atoms with Crippen LogP contribution in [0.15, 0.2) is 51.1 Å². The van der Waals surface area contributed by atoms with Gasteiger partial charge in [-0.3, -0.25) is 4.90 Å². The topological polar surface area (TPSA) is 101 Å². The number of benzene rings is 1. The van der Waals surface area contributed by atoms with Crippen molar-refractivity contribution in [3.63, 3.8) is 0 Å². The van der Waals surface area contributed by atoms with Crippen LogP contribution in [0.4, 0.5) is 0 Å². The van der Waals surface area contributed by atoms with Crippen molar-refractivity contribution in [3.05, 3.63) is 53.3 Å². The lowest BCUT2D eigenvalue weighted by Gasteiger charge is -2.26. The van der Waals surface area contributed by atoms with Gasteiger partial charge in [0.25, 0.3) is 10.0 Å². The summed E-state index contributed by atoms with van der Waals surface area (Å²) in [7, 11) is -0.725. The molecule has 8 nitrogen and oxygen atoms in total. The number of oxime groups is 1. The first-order valence-corrected chi connectivity index (χ1v) is 11.1. The molecule has 1 aromatic carbocycles. The van der Waals surface area contributed by atoms with Gasteiger partial charge < -0.3 is 15.0 Å². The molecule has 1 fully saturated rings. The molecular formula is C20H28N4O4S. The molecule has 0 amide bonds. The highest BCUT2D eigenvalue weighted by Gasteiger charge is 2.21. The summed E-state index contributed by atoms with van der Waals surface area (Å²) in [6, 6.07) is 10.9. The lowest BCUT2D eigenvalue weighted by molar-refractivity contribution is 0.111. The third-order valence-corrected chi connectivity index (χ3v) is 6.51. The van der Waals surface area contributed by atoms with E-state index in [0.29, 0.717) is 5.76 Å². The number of rotatable bonds is 8. The predicted molar refractivity (Wildman–Crippen MR) is 111 cm³/mol. The summed E-state index contributed by atoms with van der Waals surface area (Å²) >= 11 is 0. The number of hydrogen-bond acceptors (Lipinski definition) is 6. The summed E-state index contributed by atoms with van der Waals surface area (Å²) in [4.78, 5) is 7.71. The van der Waals surface area contributed by atoms with Crippen molar-refractivity contribution in [1.29, 1.82) is 0 Å². The Morgan fingerprint density at radius 2 is 1.97 bits per heavy atom. The minimum absolute atomic E-state index is 0.0167. The second-order valence-electron chi connectivity index (χ2n) is 7.30. The molecule has 1 aromatic heterocycles. The van der Waals surface area contributed by atoms with Crippen molar-refractivity contribution in [3.8, 4) is 0 Å². The minimum Gasteiger partial charge on any atom is -0.444 e. The normalized spacial score (nSPS) is 16.3. The van der Waals surface area contributed by atoms with E-state index in [-0.39, 0.29) is 17.5 Å². The fourth-order valence-electron chi connectivity index (χ4n) is 3.18. The Labute approximate surface area is 172 Å². The Hall–Kier alpha value is -2.36. The van der Waals surface area contributed by atoms with E-state index < -0.39 is 10.0 Å². The summed E-state index contributed by atoms with van der Waals surface area (Å²) in [6.45, 7) is 3.14. The first-order chi connectivity index (χ1) is 13.9. The molecule has 2 aromatic rings. The van der Waals surface area contributed by atoms with Crippen molar-refractivity contribution < 1.29 is 17.7 Å². The zero-order valence-corrected chi connectivity index (χ0v) is 17.7. The molecule has 1 aliphatic rings. The maximum Gasteiger partial charge on any atom is 0.275 e. The largest absolute Gasteiger partial charge is 0.444 e. The minimum atomic E-state index is -3.61. The monoisotopic (exact) mass is 420 g/mol. The molecule has 0 bridgehead atoms. The van der Waals surface area contributed by atoms with Gasteiger partial charge >= 0.3 is 0 Å². The summed E-state index contributed by atoms with van der Waals surface area (Å²) < 4.78 is 30.5. The highest BCUT2D eigenvalue weighted by molar-refractivity contribution is 7.88. The second-order valence-corrected chi connectivity index (χ2v) is 9.38. The molecule has 0 unspecified atom stereocenters. The van der Waals surface area contributed by atoms with Gasteiger partial charge in [0, 0.05) is 26.2 Å². The van der Waals surface area contributed by atoms with Gasteiger partial charge in [-0.1, -0.05) is 29.8 Å². The maximum absolute atomic E-state index is 12.0. The van der Waals surface area contributed by atoms with Crippen molar-refractivity contribution in [1.82, 2.24) is 9.21 Å². The van der Waals surface area contributed by atoms with Crippen LogP contribution >= 0.6 is 0 Å². The molecule has 9 heteroatoms. The number of piperidine rings is 1. The van der Waals surface area contributed by atoms with Gasteiger partial charge in [-0.15, -0.1) is 0 Å². The fourth-order valence-corrected chi connectivity index (χ4v) is 3.99. The summed E-state index contributed by atoms with van der Waals surface area (Å²) in [6.07, 6.45) is 3.81. The van der Waals surface area contributed by atoms with E-state index in [4.69, 9.17) is 15.0 Å². The molecule has 1 saturated heterocycles. The molecular weight excluding hydrogens is 392 g/mol. The lowest BCUT2D eigenvalue weighted by Crippen LogP contribution is -2.29. The molecule has 3 rings (SSSR count). The molecule has 0 atom stereocenters. The van der Waals surface area contributed by atoms with Crippen LogP contribution in [0.5, 0.6) is 0 Å². The zero-order chi connectivity index (χ0) is 20.9. The Balaban J connectivity index is 1.59. The van der Waals surface area contributed by atoms with Crippen LogP contribution in [-0.2, 0) is 28.0 Å². The number of amidine groups is 1. The van der Waals surface area contributed by atoms with Gasteiger partial charge in [0.2, 0.25) is 5.09 Å². The van der Waals surface area contributed by atoms with Crippen LogP contribution in [-0.4, -0.2) is 50.6 Å². The number of nitrogens with two attached hydrogens (primary N) is 1. The second kappa shape index (κ2) is 9.43.